The van der Waals surface area contributed by atoms with E-state index in [-0.39, 0.29) is 0 Å². The Labute approximate surface area is 122 Å². The zero-order valence-corrected chi connectivity index (χ0v) is 12.5. The van der Waals surface area contributed by atoms with E-state index in [1.165, 1.54) is 5.56 Å². The van der Waals surface area contributed by atoms with E-state index in [4.69, 9.17) is 0 Å². The number of rotatable bonds is 1. The third-order valence-corrected chi connectivity index (χ3v) is 4.58. The first-order chi connectivity index (χ1) is 9.24. The van der Waals surface area contributed by atoms with Gasteiger partial charge >= 0.3 is 0 Å². The van der Waals surface area contributed by atoms with Gasteiger partial charge in [0.2, 0.25) is 0 Å². The van der Waals surface area contributed by atoms with Crippen LogP contribution in [0.2, 0.25) is 0 Å². The van der Waals surface area contributed by atoms with Gasteiger partial charge in [-0.15, -0.1) is 0 Å². The van der Waals surface area contributed by atoms with E-state index in [9.17, 15) is 5.11 Å². The third kappa shape index (κ3) is 2.94. The molecule has 2 aliphatic heterocycles. The van der Waals surface area contributed by atoms with Gasteiger partial charge in [-0.2, -0.15) is 0 Å². The van der Waals surface area contributed by atoms with Crippen LogP contribution in [0.3, 0.4) is 0 Å². The molecule has 0 aromatic heterocycles. The molecule has 0 amide bonds. The molecule has 1 aromatic carbocycles. The Morgan fingerprint density at radius 2 is 2.05 bits per heavy atom. The Balaban J connectivity index is 1.77. The quantitative estimate of drug-likeness (QED) is 0.736. The molecule has 1 fully saturated rings. The number of anilines is 1. The first-order valence-corrected chi connectivity index (χ1v) is 7.73. The molecule has 1 saturated heterocycles. The molecule has 1 atom stereocenters. The number of hydrogen-bond acceptors (Lipinski definition) is 4. The molecule has 0 bridgehead atoms. The molecule has 4 nitrogen and oxygen atoms in total. The van der Waals surface area contributed by atoms with Gasteiger partial charge in [0, 0.05) is 22.7 Å². The Hall–Kier alpha value is -0.620. The largest absolute Gasteiger partial charge is 0.361 e. The van der Waals surface area contributed by atoms with E-state index in [0.29, 0.717) is 6.04 Å². The zero-order chi connectivity index (χ0) is 13.2. The topological polar surface area (TPSA) is 47.5 Å². The number of nitrogens with one attached hydrogen (secondary N) is 2. The molecule has 2 aliphatic rings. The molecular weight excluding hydrogens is 306 g/mol. The fraction of sp³-hybridized carbons (Fsp3) is 0.571. The fourth-order valence-corrected chi connectivity index (χ4v) is 3.43. The number of benzene rings is 1. The highest BCUT2D eigenvalue weighted by molar-refractivity contribution is 9.10. The van der Waals surface area contributed by atoms with Crippen LogP contribution in [0.15, 0.2) is 22.7 Å². The van der Waals surface area contributed by atoms with Crippen molar-refractivity contribution in [3.63, 3.8) is 0 Å². The van der Waals surface area contributed by atoms with Crippen LogP contribution < -0.4 is 10.6 Å². The number of halogens is 1. The van der Waals surface area contributed by atoms with Gasteiger partial charge in [0.1, 0.15) is 0 Å². The maximum atomic E-state index is 10.4. The lowest BCUT2D eigenvalue weighted by molar-refractivity contribution is -0.0105. The number of aliphatic hydroxyl groups excluding tert-OH is 1. The van der Waals surface area contributed by atoms with Crippen LogP contribution in [0.1, 0.15) is 18.4 Å². The Morgan fingerprint density at radius 3 is 2.84 bits per heavy atom. The van der Waals surface area contributed by atoms with Crippen molar-refractivity contribution in [2.45, 2.75) is 31.7 Å². The van der Waals surface area contributed by atoms with Crippen LogP contribution in [0, 0.1) is 0 Å². The van der Waals surface area contributed by atoms with E-state index in [1.54, 1.807) is 0 Å². The summed E-state index contributed by atoms with van der Waals surface area (Å²) in [6, 6.07) is 6.66. The van der Waals surface area contributed by atoms with Crippen molar-refractivity contribution >= 4 is 21.6 Å². The molecule has 19 heavy (non-hydrogen) atoms. The summed E-state index contributed by atoms with van der Waals surface area (Å²) in [6.07, 6.45) is 2.62. The summed E-state index contributed by atoms with van der Waals surface area (Å²) in [7, 11) is 0. The average molecular weight is 326 g/mol. The number of piperidine rings is 1. The zero-order valence-electron chi connectivity index (χ0n) is 10.9. The number of aliphatic hydroxyl groups is 1. The van der Waals surface area contributed by atoms with Crippen molar-refractivity contribution in [1.82, 2.24) is 10.2 Å². The lowest BCUT2D eigenvalue weighted by Gasteiger charge is -2.36. The Bertz CT molecular complexity index is 448. The molecule has 104 valence electrons. The summed E-state index contributed by atoms with van der Waals surface area (Å²) in [5.74, 6) is 0. The van der Waals surface area contributed by atoms with Gasteiger partial charge in [-0.05, 0) is 56.1 Å². The second-order valence-electron chi connectivity index (χ2n) is 5.29. The predicted octanol–water partition coefficient (Wildman–Crippen LogP) is 1.75. The van der Waals surface area contributed by atoms with Crippen molar-refractivity contribution in [2.24, 2.45) is 0 Å². The molecule has 1 unspecified atom stereocenters. The fourth-order valence-electron chi connectivity index (χ4n) is 3.02. The summed E-state index contributed by atoms with van der Waals surface area (Å²) in [4.78, 5) is 2.20. The van der Waals surface area contributed by atoms with Crippen molar-refractivity contribution in [2.75, 3.05) is 25.0 Å². The predicted molar refractivity (Wildman–Crippen MR) is 80.1 cm³/mol. The monoisotopic (exact) mass is 325 g/mol. The summed E-state index contributed by atoms with van der Waals surface area (Å²) >= 11 is 3.51. The highest BCUT2D eigenvalue weighted by atomic mass is 79.9. The van der Waals surface area contributed by atoms with E-state index in [0.717, 1.165) is 49.1 Å². The van der Waals surface area contributed by atoms with Crippen LogP contribution in [0.5, 0.6) is 0 Å². The minimum atomic E-state index is -0.578. The molecule has 0 spiro atoms. The Kier molecular flexibility index (Phi) is 4.07. The van der Waals surface area contributed by atoms with Gasteiger partial charge in [-0.1, -0.05) is 15.9 Å². The molecule has 0 saturated carbocycles. The molecule has 0 radical (unpaired) electrons. The van der Waals surface area contributed by atoms with Crippen LogP contribution >= 0.6 is 15.9 Å². The molecular formula is C14H20BrN3O. The number of nitrogens with zero attached hydrogens (tertiary/aromatic N) is 1. The van der Waals surface area contributed by atoms with Crippen LogP contribution in [0.25, 0.3) is 0 Å². The average Bonchev–Trinajstić information content (AvgIpc) is 2.58. The smallest absolute Gasteiger partial charge is 0.184 e. The summed E-state index contributed by atoms with van der Waals surface area (Å²) in [5.41, 5.74) is 2.32. The van der Waals surface area contributed by atoms with E-state index in [1.807, 2.05) is 12.1 Å². The van der Waals surface area contributed by atoms with Crippen molar-refractivity contribution in [3.8, 4) is 0 Å². The Morgan fingerprint density at radius 1 is 1.26 bits per heavy atom. The first-order valence-electron chi connectivity index (χ1n) is 6.93. The van der Waals surface area contributed by atoms with Crippen molar-refractivity contribution < 1.29 is 5.11 Å². The maximum absolute atomic E-state index is 10.4. The summed E-state index contributed by atoms with van der Waals surface area (Å²) in [5, 5.41) is 17.0. The van der Waals surface area contributed by atoms with Crippen molar-refractivity contribution in [3.05, 3.63) is 28.2 Å². The second-order valence-corrected chi connectivity index (χ2v) is 6.20. The van der Waals surface area contributed by atoms with Gasteiger partial charge in [0.05, 0.1) is 0 Å². The number of hydrogen-bond donors (Lipinski definition) is 3. The minimum absolute atomic E-state index is 0.474. The van der Waals surface area contributed by atoms with Crippen LogP contribution in [-0.2, 0) is 6.42 Å². The van der Waals surface area contributed by atoms with Gasteiger partial charge < -0.3 is 15.7 Å². The van der Waals surface area contributed by atoms with Crippen LogP contribution in [-0.4, -0.2) is 42.0 Å². The highest BCUT2D eigenvalue weighted by Crippen LogP contribution is 2.27. The maximum Gasteiger partial charge on any atom is 0.184 e. The SMILES string of the molecule is OC1Nc2ccc(Br)cc2CCN1C1CCNCC1. The molecule has 1 aromatic rings. The molecule has 3 rings (SSSR count). The van der Waals surface area contributed by atoms with Crippen LogP contribution in [0.4, 0.5) is 5.69 Å². The molecule has 5 heteroatoms. The standard InChI is InChI=1S/C14H20BrN3O/c15-11-1-2-13-10(9-11)5-8-18(14(19)17-13)12-3-6-16-7-4-12/h1-2,9,12,14,16-17,19H,3-8H2. The first kappa shape index (κ1) is 13.4. The second kappa shape index (κ2) is 5.79. The van der Waals surface area contributed by atoms with Crippen molar-refractivity contribution in [1.29, 1.82) is 0 Å². The molecule has 2 heterocycles. The third-order valence-electron chi connectivity index (χ3n) is 4.08. The molecule has 0 aliphatic carbocycles. The molecule has 3 N–H and O–H groups in total. The van der Waals surface area contributed by atoms with Gasteiger partial charge in [0.15, 0.2) is 6.35 Å². The lowest BCUT2D eigenvalue weighted by atomic mass is 10.0. The van der Waals surface area contributed by atoms with E-state index in [2.05, 4.69) is 37.5 Å². The van der Waals surface area contributed by atoms with Gasteiger partial charge in [-0.3, -0.25) is 4.90 Å². The highest BCUT2D eigenvalue weighted by Gasteiger charge is 2.28. The lowest BCUT2D eigenvalue weighted by Crippen LogP contribution is -2.50. The number of fused-ring (bicyclic) bond motifs is 1. The van der Waals surface area contributed by atoms with Gasteiger partial charge in [0.25, 0.3) is 0 Å². The van der Waals surface area contributed by atoms with E-state index < -0.39 is 6.35 Å². The van der Waals surface area contributed by atoms with Gasteiger partial charge in [-0.25, -0.2) is 0 Å². The van der Waals surface area contributed by atoms with E-state index >= 15 is 0 Å². The summed E-state index contributed by atoms with van der Waals surface area (Å²) < 4.78 is 1.10. The minimum Gasteiger partial charge on any atom is -0.361 e. The summed E-state index contributed by atoms with van der Waals surface area (Å²) in [6.45, 7) is 3.00. The normalized spacial score (nSPS) is 25.5.